The van der Waals surface area contributed by atoms with Crippen LogP contribution in [0.2, 0.25) is 0 Å². The zero-order chi connectivity index (χ0) is 21.1. The molecule has 2 aromatic rings. The van der Waals surface area contributed by atoms with E-state index < -0.39 is 0 Å². The molecule has 1 spiro atoms. The van der Waals surface area contributed by atoms with Gasteiger partial charge >= 0.3 is 0 Å². The fraction of sp³-hybridized carbons (Fsp3) is 0.583. The largest absolute Gasteiger partial charge is 0.493 e. The Hall–Kier alpha value is -2.34. The molecule has 1 atom stereocenters. The second-order valence-electron chi connectivity index (χ2n) is 8.76. The standard InChI is InChI=1S/C24H34N4O2/c1-5-19-14-25-18(2)26-23(19)28-13-11-24(17-28)10-7-12-27(16-24)15-20-8-6-9-21(29-3)22(20)30-4/h6,8-9,14H,5,7,10-13,15-17H2,1-4H3. The van der Waals surface area contributed by atoms with Crippen LogP contribution in [0.4, 0.5) is 5.82 Å². The van der Waals surface area contributed by atoms with Gasteiger partial charge in [0.25, 0.3) is 0 Å². The van der Waals surface area contributed by atoms with Crippen molar-refractivity contribution in [2.75, 3.05) is 45.3 Å². The van der Waals surface area contributed by atoms with Crippen molar-refractivity contribution in [2.45, 2.75) is 46.1 Å². The number of ether oxygens (including phenoxy) is 2. The SMILES string of the molecule is CCc1cnc(C)nc1N1CCC2(CCCN(Cc3cccc(OC)c3OC)C2)C1. The van der Waals surface area contributed by atoms with E-state index in [9.17, 15) is 0 Å². The third kappa shape index (κ3) is 4.10. The molecule has 2 aliphatic heterocycles. The van der Waals surface area contributed by atoms with E-state index in [0.29, 0.717) is 5.41 Å². The van der Waals surface area contributed by atoms with Gasteiger partial charge in [-0.05, 0) is 45.2 Å². The number of aryl methyl sites for hydroxylation is 2. The Morgan fingerprint density at radius 2 is 1.93 bits per heavy atom. The second kappa shape index (κ2) is 8.80. The number of anilines is 1. The van der Waals surface area contributed by atoms with Crippen LogP contribution < -0.4 is 14.4 Å². The van der Waals surface area contributed by atoms with E-state index in [1.807, 2.05) is 19.2 Å². The average Bonchev–Trinajstić information content (AvgIpc) is 3.16. The number of hydrogen-bond acceptors (Lipinski definition) is 6. The molecular weight excluding hydrogens is 376 g/mol. The molecule has 6 nitrogen and oxygen atoms in total. The van der Waals surface area contributed by atoms with Gasteiger partial charge in [0.05, 0.1) is 14.2 Å². The Morgan fingerprint density at radius 3 is 2.70 bits per heavy atom. The van der Waals surface area contributed by atoms with Gasteiger partial charge in [-0.25, -0.2) is 9.97 Å². The lowest BCUT2D eigenvalue weighted by Gasteiger charge is -2.40. The lowest BCUT2D eigenvalue weighted by atomic mass is 9.79. The lowest BCUT2D eigenvalue weighted by Crippen LogP contribution is -2.44. The van der Waals surface area contributed by atoms with E-state index in [0.717, 1.165) is 62.3 Å². The second-order valence-corrected chi connectivity index (χ2v) is 8.76. The molecule has 30 heavy (non-hydrogen) atoms. The quantitative estimate of drug-likeness (QED) is 0.721. The molecule has 0 N–H and O–H groups in total. The summed E-state index contributed by atoms with van der Waals surface area (Å²) in [6.07, 6.45) is 6.74. The van der Waals surface area contributed by atoms with Crippen molar-refractivity contribution in [1.82, 2.24) is 14.9 Å². The van der Waals surface area contributed by atoms with E-state index in [1.54, 1.807) is 14.2 Å². The first kappa shape index (κ1) is 20.9. The fourth-order valence-corrected chi connectivity index (χ4v) is 5.22. The molecule has 6 heteroatoms. The zero-order valence-corrected chi connectivity index (χ0v) is 18.8. The molecule has 0 saturated carbocycles. The summed E-state index contributed by atoms with van der Waals surface area (Å²) in [5.74, 6) is 3.67. The molecule has 162 valence electrons. The number of hydrogen-bond donors (Lipinski definition) is 0. The van der Waals surface area contributed by atoms with Crippen LogP contribution in [0, 0.1) is 12.3 Å². The van der Waals surface area contributed by atoms with Gasteiger partial charge in [-0.15, -0.1) is 0 Å². The number of para-hydroxylation sites is 1. The van der Waals surface area contributed by atoms with Crippen molar-refractivity contribution >= 4 is 5.82 Å². The molecule has 3 heterocycles. The van der Waals surface area contributed by atoms with Crippen LogP contribution in [-0.4, -0.2) is 55.3 Å². The topological polar surface area (TPSA) is 50.7 Å². The van der Waals surface area contributed by atoms with Crippen molar-refractivity contribution in [3.05, 3.63) is 41.3 Å². The summed E-state index contributed by atoms with van der Waals surface area (Å²) in [7, 11) is 3.42. The maximum Gasteiger partial charge on any atom is 0.165 e. The molecule has 0 amide bonds. The normalized spacial score (nSPS) is 21.9. The first-order valence-corrected chi connectivity index (χ1v) is 11.1. The number of benzene rings is 1. The Kier molecular flexibility index (Phi) is 6.14. The summed E-state index contributed by atoms with van der Waals surface area (Å²) < 4.78 is 11.2. The van der Waals surface area contributed by atoms with Gasteiger partial charge in [-0.1, -0.05) is 19.1 Å². The lowest BCUT2D eigenvalue weighted by molar-refractivity contribution is 0.0983. The van der Waals surface area contributed by atoms with Crippen LogP contribution in [-0.2, 0) is 13.0 Å². The van der Waals surface area contributed by atoms with E-state index >= 15 is 0 Å². The number of nitrogens with zero attached hydrogens (tertiary/aromatic N) is 4. The highest BCUT2D eigenvalue weighted by Gasteiger charge is 2.42. The van der Waals surface area contributed by atoms with Crippen LogP contribution in [0.1, 0.15) is 43.1 Å². The van der Waals surface area contributed by atoms with Crippen molar-refractivity contribution in [3.63, 3.8) is 0 Å². The van der Waals surface area contributed by atoms with Crippen LogP contribution in [0.3, 0.4) is 0 Å². The Labute approximate surface area is 180 Å². The van der Waals surface area contributed by atoms with Crippen LogP contribution in [0.15, 0.2) is 24.4 Å². The van der Waals surface area contributed by atoms with Crippen molar-refractivity contribution < 1.29 is 9.47 Å². The summed E-state index contributed by atoms with van der Waals surface area (Å²) in [5, 5.41) is 0. The molecule has 2 saturated heterocycles. The smallest absolute Gasteiger partial charge is 0.165 e. The van der Waals surface area contributed by atoms with Gasteiger partial charge < -0.3 is 14.4 Å². The van der Waals surface area contributed by atoms with Crippen LogP contribution in [0.5, 0.6) is 11.5 Å². The maximum atomic E-state index is 5.66. The van der Waals surface area contributed by atoms with Gasteiger partial charge in [-0.2, -0.15) is 0 Å². The highest BCUT2D eigenvalue weighted by molar-refractivity contribution is 5.48. The minimum Gasteiger partial charge on any atom is -0.493 e. The van der Waals surface area contributed by atoms with E-state index in [4.69, 9.17) is 14.5 Å². The van der Waals surface area contributed by atoms with Crippen molar-refractivity contribution in [1.29, 1.82) is 0 Å². The first-order chi connectivity index (χ1) is 14.6. The predicted octanol–water partition coefficient (Wildman–Crippen LogP) is 3.86. The molecule has 1 aromatic heterocycles. The average molecular weight is 411 g/mol. The number of methoxy groups -OCH3 is 2. The molecule has 2 fully saturated rings. The van der Waals surface area contributed by atoms with Crippen LogP contribution in [0.25, 0.3) is 0 Å². The minimum absolute atomic E-state index is 0.341. The predicted molar refractivity (Wildman–Crippen MR) is 119 cm³/mol. The monoisotopic (exact) mass is 410 g/mol. The van der Waals surface area contributed by atoms with E-state index in [-0.39, 0.29) is 0 Å². The maximum absolute atomic E-state index is 5.66. The summed E-state index contributed by atoms with van der Waals surface area (Å²) in [5.41, 5.74) is 2.80. The first-order valence-electron chi connectivity index (χ1n) is 11.1. The molecule has 2 aliphatic rings. The zero-order valence-electron chi connectivity index (χ0n) is 18.8. The van der Waals surface area contributed by atoms with Crippen molar-refractivity contribution in [2.24, 2.45) is 5.41 Å². The van der Waals surface area contributed by atoms with Gasteiger partial charge in [0, 0.05) is 48.9 Å². The third-order valence-electron chi connectivity index (χ3n) is 6.70. The molecule has 0 radical (unpaired) electrons. The summed E-state index contributed by atoms with van der Waals surface area (Å²) >= 11 is 0. The van der Waals surface area contributed by atoms with E-state index in [2.05, 4.69) is 33.8 Å². The summed E-state index contributed by atoms with van der Waals surface area (Å²) in [6.45, 7) is 9.49. The molecule has 1 unspecified atom stereocenters. The van der Waals surface area contributed by atoms with Gasteiger partial charge in [0.15, 0.2) is 11.5 Å². The molecule has 0 aliphatic carbocycles. The highest BCUT2D eigenvalue weighted by Crippen LogP contribution is 2.42. The third-order valence-corrected chi connectivity index (χ3v) is 6.70. The fourth-order valence-electron chi connectivity index (χ4n) is 5.22. The highest BCUT2D eigenvalue weighted by atomic mass is 16.5. The Balaban J connectivity index is 1.49. The number of piperidine rings is 1. The number of aromatic nitrogens is 2. The Bertz CT molecular complexity index is 888. The van der Waals surface area contributed by atoms with Gasteiger partial charge in [-0.3, -0.25) is 4.90 Å². The van der Waals surface area contributed by atoms with Gasteiger partial charge in [0.2, 0.25) is 0 Å². The summed E-state index contributed by atoms with van der Waals surface area (Å²) in [4.78, 5) is 14.3. The molecule has 0 bridgehead atoms. The van der Waals surface area contributed by atoms with E-state index in [1.165, 1.54) is 30.4 Å². The number of likely N-dealkylation sites (tertiary alicyclic amines) is 1. The number of rotatable bonds is 6. The summed E-state index contributed by atoms with van der Waals surface area (Å²) in [6, 6.07) is 6.17. The minimum atomic E-state index is 0.341. The molecule has 4 rings (SSSR count). The Morgan fingerprint density at radius 1 is 1.07 bits per heavy atom. The molecule has 1 aromatic carbocycles. The van der Waals surface area contributed by atoms with Gasteiger partial charge in [0.1, 0.15) is 11.6 Å². The molecular formula is C24H34N4O2. The van der Waals surface area contributed by atoms with Crippen molar-refractivity contribution in [3.8, 4) is 11.5 Å². The van der Waals surface area contributed by atoms with Crippen LogP contribution >= 0.6 is 0 Å².